The summed E-state index contributed by atoms with van der Waals surface area (Å²) in [4.78, 5) is 29.8. The van der Waals surface area contributed by atoms with E-state index in [1.807, 2.05) is 91.9 Å². The van der Waals surface area contributed by atoms with Gasteiger partial charge in [-0.2, -0.15) is 0 Å². The second-order valence-electron chi connectivity index (χ2n) is 8.95. The van der Waals surface area contributed by atoms with Crippen LogP contribution in [0.15, 0.2) is 89.8 Å². The minimum absolute atomic E-state index is 0.0462. The van der Waals surface area contributed by atoms with Gasteiger partial charge < -0.3 is 10.2 Å². The molecule has 0 spiro atoms. The lowest BCUT2D eigenvalue weighted by molar-refractivity contribution is -0.139. The Bertz CT molecular complexity index is 1040. The average Bonchev–Trinajstić information content (AvgIpc) is 2.85. The maximum atomic E-state index is 13.6. The van der Waals surface area contributed by atoms with Gasteiger partial charge in [0.1, 0.15) is 6.04 Å². The van der Waals surface area contributed by atoms with Crippen LogP contribution < -0.4 is 5.32 Å². The highest BCUT2D eigenvalue weighted by molar-refractivity contribution is 8.00. The highest BCUT2D eigenvalue weighted by Gasteiger charge is 2.30. The molecule has 0 unspecified atom stereocenters. The van der Waals surface area contributed by atoms with E-state index < -0.39 is 6.04 Å². The lowest BCUT2D eigenvalue weighted by Gasteiger charge is -2.32. The molecule has 0 bridgehead atoms. The van der Waals surface area contributed by atoms with Gasteiger partial charge in [-0.25, -0.2) is 0 Å². The van der Waals surface area contributed by atoms with E-state index in [0.29, 0.717) is 25.4 Å². The van der Waals surface area contributed by atoms with Gasteiger partial charge in [-0.3, -0.25) is 9.59 Å². The molecular weight excluding hydrogens is 440 g/mol. The van der Waals surface area contributed by atoms with Crippen molar-refractivity contribution in [2.45, 2.75) is 44.7 Å². The lowest BCUT2D eigenvalue weighted by atomic mass is 10.0. The van der Waals surface area contributed by atoms with Gasteiger partial charge >= 0.3 is 0 Å². The van der Waals surface area contributed by atoms with Crippen LogP contribution in [0.1, 0.15) is 30.5 Å². The fraction of sp³-hybridized carbons (Fsp3) is 0.310. The third-order valence-corrected chi connectivity index (χ3v) is 6.53. The first kappa shape index (κ1) is 25.6. The second-order valence-corrected chi connectivity index (χ2v) is 10.0. The van der Waals surface area contributed by atoms with E-state index in [1.54, 1.807) is 4.90 Å². The fourth-order valence-electron chi connectivity index (χ4n) is 3.61. The van der Waals surface area contributed by atoms with Crippen molar-refractivity contribution < 1.29 is 9.59 Å². The number of hydrogen-bond donors (Lipinski definition) is 1. The normalized spacial score (nSPS) is 11.8. The number of aryl methyl sites for hydroxylation is 1. The predicted molar refractivity (Wildman–Crippen MR) is 141 cm³/mol. The number of carbonyl (C=O) groups is 2. The molecule has 0 saturated carbocycles. The Morgan fingerprint density at radius 3 is 2.09 bits per heavy atom. The largest absolute Gasteiger partial charge is 0.354 e. The van der Waals surface area contributed by atoms with Gasteiger partial charge in [0.25, 0.3) is 0 Å². The number of carbonyl (C=O) groups excluding carboxylic acids is 2. The molecule has 178 valence electrons. The molecule has 4 nitrogen and oxygen atoms in total. The Hall–Kier alpha value is -3.05. The monoisotopic (exact) mass is 474 g/mol. The van der Waals surface area contributed by atoms with E-state index >= 15 is 0 Å². The van der Waals surface area contributed by atoms with Crippen LogP contribution in [-0.4, -0.2) is 35.1 Å². The van der Waals surface area contributed by atoms with Gasteiger partial charge in [-0.15, -0.1) is 11.8 Å². The Balaban J connectivity index is 1.88. The Labute approximate surface area is 207 Å². The van der Waals surface area contributed by atoms with Crippen LogP contribution in [0.2, 0.25) is 0 Å². The van der Waals surface area contributed by atoms with Crippen LogP contribution in [0.4, 0.5) is 0 Å². The van der Waals surface area contributed by atoms with Crippen LogP contribution in [0.25, 0.3) is 0 Å². The van der Waals surface area contributed by atoms with Crippen molar-refractivity contribution in [3.63, 3.8) is 0 Å². The first-order chi connectivity index (χ1) is 16.4. The number of amides is 2. The lowest BCUT2D eigenvalue weighted by Crippen LogP contribution is -2.51. The first-order valence-corrected chi connectivity index (χ1v) is 12.8. The summed E-state index contributed by atoms with van der Waals surface area (Å²) in [5.41, 5.74) is 3.21. The zero-order valence-corrected chi connectivity index (χ0v) is 21.1. The zero-order chi connectivity index (χ0) is 24.3. The summed E-state index contributed by atoms with van der Waals surface area (Å²) in [7, 11) is 0. The standard InChI is InChI=1S/C29H34N2O2S/c1-22(2)19-30-29(33)27(18-24-10-6-4-7-11-24)31(20-25-16-14-23(3)15-17-25)28(32)21-34-26-12-8-5-9-13-26/h4-17,22,27H,18-21H2,1-3H3,(H,30,33)/t27-/m0/s1. The summed E-state index contributed by atoms with van der Waals surface area (Å²) in [6.07, 6.45) is 0.471. The highest BCUT2D eigenvalue weighted by Crippen LogP contribution is 2.21. The number of nitrogens with zero attached hydrogens (tertiary/aromatic N) is 1. The van der Waals surface area contributed by atoms with Crippen LogP contribution in [0, 0.1) is 12.8 Å². The number of nitrogens with one attached hydrogen (secondary N) is 1. The summed E-state index contributed by atoms with van der Waals surface area (Å²) in [6, 6.07) is 27.4. The van der Waals surface area contributed by atoms with Gasteiger partial charge in [0, 0.05) is 24.4 Å². The van der Waals surface area contributed by atoms with Gasteiger partial charge in [-0.05, 0) is 36.1 Å². The van der Waals surface area contributed by atoms with Crippen molar-refractivity contribution in [2.24, 2.45) is 5.92 Å². The molecule has 0 radical (unpaired) electrons. The van der Waals surface area contributed by atoms with E-state index in [0.717, 1.165) is 21.6 Å². The third-order valence-electron chi connectivity index (χ3n) is 5.53. The summed E-state index contributed by atoms with van der Waals surface area (Å²) in [6.45, 7) is 7.15. The molecule has 0 aliphatic heterocycles. The molecule has 0 aliphatic carbocycles. The second kappa shape index (κ2) is 13.0. The van der Waals surface area contributed by atoms with Crippen molar-refractivity contribution in [3.05, 3.63) is 102 Å². The van der Waals surface area contributed by atoms with Crippen LogP contribution in [0.3, 0.4) is 0 Å². The van der Waals surface area contributed by atoms with Crippen molar-refractivity contribution in [1.82, 2.24) is 10.2 Å². The molecule has 0 fully saturated rings. The molecule has 0 heterocycles. The summed E-state index contributed by atoms with van der Waals surface area (Å²) >= 11 is 1.50. The first-order valence-electron chi connectivity index (χ1n) is 11.8. The van der Waals surface area contributed by atoms with Crippen LogP contribution in [0.5, 0.6) is 0 Å². The summed E-state index contributed by atoms with van der Waals surface area (Å²) < 4.78 is 0. The molecule has 5 heteroatoms. The molecule has 1 N–H and O–H groups in total. The molecule has 1 atom stereocenters. The Kier molecular flexibility index (Phi) is 9.77. The zero-order valence-electron chi connectivity index (χ0n) is 20.2. The van der Waals surface area contributed by atoms with Gasteiger partial charge in [-0.1, -0.05) is 92.2 Å². The summed E-state index contributed by atoms with van der Waals surface area (Å²) in [5, 5.41) is 3.07. The molecule has 34 heavy (non-hydrogen) atoms. The number of thioether (sulfide) groups is 1. The van der Waals surface area contributed by atoms with E-state index in [4.69, 9.17) is 0 Å². The molecule has 2 amide bonds. The topological polar surface area (TPSA) is 49.4 Å². The van der Waals surface area contributed by atoms with E-state index in [1.165, 1.54) is 11.8 Å². The Morgan fingerprint density at radius 1 is 0.853 bits per heavy atom. The number of hydrogen-bond acceptors (Lipinski definition) is 3. The van der Waals surface area contributed by atoms with Crippen LogP contribution >= 0.6 is 11.8 Å². The highest BCUT2D eigenvalue weighted by atomic mass is 32.2. The molecular formula is C29H34N2O2S. The van der Waals surface area contributed by atoms with Gasteiger partial charge in [0.05, 0.1) is 5.75 Å². The molecule has 0 aliphatic rings. The third kappa shape index (κ3) is 8.07. The number of rotatable bonds is 11. The van der Waals surface area contributed by atoms with E-state index in [2.05, 4.69) is 19.2 Å². The minimum Gasteiger partial charge on any atom is -0.354 e. The SMILES string of the molecule is Cc1ccc(CN(C(=O)CSc2ccccc2)[C@@H](Cc2ccccc2)C(=O)NCC(C)C)cc1. The molecule has 3 aromatic carbocycles. The van der Waals surface area contributed by atoms with Crippen molar-refractivity contribution in [1.29, 1.82) is 0 Å². The van der Waals surface area contributed by atoms with Crippen LogP contribution in [-0.2, 0) is 22.6 Å². The van der Waals surface area contributed by atoms with E-state index in [9.17, 15) is 9.59 Å². The van der Waals surface area contributed by atoms with Crippen molar-refractivity contribution in [2.75, 3.05) is 12.3 Å². The van der Waals surface area contributed by atoms with Gasteiger partial charge in [0.15, 0.2) is 0 Å². The minimum atomic E-state index is -0.591. The predicted octanol–water partition coefficient (Wildman–Crippen LogP) is 5.50. The van der Waals surface area contributed by atoms with Crippen molar-refractivity contribution in [3.8, 4) is 0 Å². The molecule has 3 aromatic rings. The van der Waals surface area contributed by atoms with Crippen molar-refractivity contribution >= 4 is 23.6 Å². The molecule has 0 aromatic heterocycles. The quantitative estimate of drug-likeness (QED) is 0.373. The maximum absolute atomic E-state index is 13.6. The molecule has 0 saturated heterocycles. The Morgan fingerprint density at radius 2 is 1.47 bits per heavy atom. The van der Waals surface area contributed by atoms with Gasteiger partial charge in [0.2, 0.25) is 11.8 Å². The molecule has 3 rings (SSSR count). The number of benzene rings is 3. The van der Waals surface area contributed by atoms with E-state index in [-0.39, 0.29) is 17.6 Å². The summed E-state index contributed by atoms with van der Waals surface area (Å²) in [5.74, 6) is 0.451. The maximum Gasteiger partial charge on any atom is 0.243 e. The smallest absolute Gasteiger partial charge is 0.243 e. The fourth-order valence-corrected chi connectivity index (χ4v) is 4.42. The average molecular weight is 475 g/mol.